The van der Waals surface area contributed by atoms with Gasteiger partial charge in [0.25, 0.3) is 5.56 Å². The van der Waals surface area contributed by atoms with E-state index in [9.17, 15) is 9.90 Å². The van der Waals surface area contributed by atoms with Gasteiger partial charge in [-0.05, 0) is 43.7 Å². The van der Waals surface area contributed by atoms with Crippen LogP contribution in [0.5, 0.6) is 0 Å². The topological polar surface area (TPSA) is 42.2 Å². The van der Waals surface area contributed by atoms with Crippen molar-refractivity contribution in [2.75, 3.05) is 6.61 Å². The Kier molecular flexibility index (Phi) is 3.23. The standard InChI is InChI=1S/C15H19NO2S/c1-11-6-8-15(10-17,9-7-11)16-14(18)12-4-2-3-5-13(12)19-16/h2-5,11,17H,6-10H2,1H3. The van der Waals surface area contributed by atoms with E-state index in [1.54, 1.807) is 0 Å². The quantitative estimate of drug-likeness (QED) is 0.917. The second-order valence-corrected chi connectivity index (χ2v) is 6.74. The number of aliphatic hydroxyl groups is 1. The molecule has 0 spiro atoms. The number of fused-ring (bicyclic) bond motifs is 1. The zero-order valence-electron chi connectivity index (χ0n) is 11.1. The molecule has 1 N–H and O–H groups in total. The largest absolute Gasteiger partial charge is 0.394 e. The summed E-state index contributed by atoms with van der Waals surface area (Å²) in [6, 6.07) is 7.71. The van der Waals surface area contributed by atoms with Crippen LogP contribution in [0.25, 0.3) is 10.1 Å². The van der Waals surface area contributed by atoms with Crippen molar-refractivity contribution in [3.8, 4) is 0 Å². The monoisotopic (exact) mass is 277 g/mol. The van der Waals surface area contributed by atoms with E-state index < -0.39 is 0 Å². The molecule has 1 heterocycles. The summed E-state index contributed by atoms with van der Waals surface area (Å²) in [6.45, 7) is 2.31. The number of aliphatic hydroxyl groups excluding tert-OH is 1. The number of rotatable bonds is 2. The first kappa shape index (κ1) is 12.9. The molecule has 1 aliphatic rings. The van der Waals surface area contributed by atoms with Crippen molar-refractivity contribution in [1.82, 2.24) is 3.96 Å². The Morgan fingerprint density at radius 2 is 2.05 bits per heavy atom. The van der Waals surface area contributed by atoms with Crippen molar-refractivity contribution in [3.63, 3.8) is 0 Å². The molecule has 0 aliphatic heterocycles. The first-order chi connectivity index (χ1) is 9.16. The van der Waals surface area contributed by atoms with Gasteiger partial charge in [-0.3, -0.25) is 8.75 Å². The van der Waals surface area contributed by atoms with Crippen LogP contribution in [0.3, 0.4) is 0 Å². The molecule has 0 unspecified atom stereocenters. The molecule has 0 radical (unpaired) electrons. The van der Waals surface area contributed by atoms with Crippen LogP contribution in [0, 0.1) is 5.92 Å². The van der Waals surface area contributed by atoms with E-state index in [1.165, 1.54) is 11.5 Å². The molecule has 0 amide bonds. The molecular weight excluding hydrogens is 258 g/mol. The Bertz CT molecular complexity index is 635. The van der Waals surface area contributed by atoms with E-state index in [1.807, 2.05) is 28.2 Å². The average molecular weight is 277 g/mol. The maximum Gasteiger partial charge on any atom is 0.269 e. The summed E-state index contributed by atoms with van der Waals surface area (Å²) in [5.41, 5.74) is -0.308. The van der Waals surface area contributed by atoms with Gasteiger partial charge in [0.05, 0.1) is 22.2 Å². The Hall–Kier alpha value is -1.13. The fourth-order valence-corrected chi connectivity index (χ4v) is 4.21. The number of nitrogens with zero attached hydrogens (tertiary/aromatic N) is 1. The van der Waals surface area contributed by atoms with Crippen molar-refractivity contribution in [1.29, 1.82) is 0 Å². The maximum atomic E-state index is 12.5. The van der Waals surface area contributed by atoms with Gasteiger partial charge in [0.1, 0.15) is 0 Å². The Morgan fingerprint density at radius 3 is 2.68 bits per heavy atom. The highest BCUT2D eigenvalue weighted by molar-refractivity contribution is 7.13. The summed E-state index contributed by atoms with van der Waals surface area (Å²) in [5, 5.41) is 10.7. The van der Waals surface area contributed by atoms with Crippen LogP contribution >= 0.6 is 11.5 Å². The first-order valence-corrected chi connectivity index (χ1v) is 7.66. The Balaban J connectivity index is 2.11. The van der Waals surface area contributed by atoms with Crippen molar-refractivity contribution < 1.29 is 5.11 Å². The maximum absolute atomic E-state index is 12.5. The summed E-state index contributed by atoms with van der Waals surface area (Å²) < 4.78 is 2.85. The fourth-order valence-electron chi connectivity index (χ4n) is 3.01. The number of benzene rings is 1. The van der Waals surface area contributed by atoms with Gasteiger partial charge >= 0.3 is 0 Å². The predicted molar refractivity (Wildman–Crippen MR) is 78.8 cm³/mol. The third-order valence-corrected chi connectivity index (χ3v) is 5.71. The molecule has 3 rings (SSSR count). The van der Waals surface area contributed by atoms with E-state index >= 15 is 0 Å². The SMILES string of the molecule is CC1CCC(CO)(n2sc3ccccc3c2=O)CC1. The van der Waals surface area contributed by atoms with Crippen LogP contribution in [-0.2, 0) is 5.54 Å². The van der Waals surface area contributed by atoms with E-state index in [-0.39, 0.29) is 17.7 Å². The summed E-state index contributed by atoms with van der Waals surface area (Å²) in [6.07, 6.45) is 3.97. The highest BCUT2D eigenvalue weighted by Crippen LogP contribution is 2.38. The third-order valence-electron chi connectivity index (χ3n) is 4.42. The Morgan fingerprint density at radius 1 is 1.37 bits per heavy atom. The fraction of sp³-hybridized carbons (Fsp3) is 0.533. The van der Waals surface area contributed by atoms with Gasteiger partial charge in [-0.1, -0.05) is 30.6 Å². The predicted octanol–water partition coefficient (Wildman–Crippen LogP) is 2.96. The second kappa shape index (κ2) is 4.76. The van der Waals surface area contributed by atoms with E-state index in [0.717, 1.165) is 35.8 Å². The molecule has 4 heteroatoms. The third kappa shape index (κ3) is 2.03. The minimum absolute atomic E-state index is 0.0594. The van der Waals surface area contributed by atoms with Gasteiger partial charge in [0.2, 0.25) is 0 Å². The highest BCUT2D eigenvalue weighted by Gasteiger charge is 2.37. The van der Waals surface area contributed by atoms with Crippen molar-refractivity contribution in [2.24, 2.45) is 5.92 Å². The summed E-state index contributed by atoms with van der Waals surface area (Å²) >= 11 is 1.50. The number of hydrogen-bond acceptors (Lipinski definition) is 3. The van der Waals surface area contributed by atoms with E-state index in [0.29, 0.717) is 5.92 Å². The molecule has 1 aliphatic carbocycles. The van der Waals surface area contributed by atoms with Crippen LogP contribution in [0.1, 0.15) is 32.6 Å². The second-order valence-electron chi connectivity index (χ2n) is 5.75. The smallest absolute Gasteiger partial charge is 0.269 e. The molecule has 1 saturated carbocycles. The van der Waals surface area contributed by atoms with Gasteiger partial charge in [0.15, 0.2) is 0 Å². The molecule has 1 fully saturated rings. The minimum atomic E-state index is -0.368. The lowest BCUT2D eigenvalue weighted by atomic mass is 9.78. The number of hydrogen-bond donors (Lipinski definition) is 1. The molecule has 0 saturated heterocycles. The summed E-state index contributed by atoms with van der Waals surface area (Å²) in [7, 11) is 0. The highest BCUT2D eigenvalue weighted by atomic mass is 32.1. The van der Waals surface area contributed by atoms with Gasteiger partial charge in [-0.25, -0.2) is 0 Å². The Labute approximate surface area is 116 Å². The van der Waals surface area contributed by atoms with Crippen LogP contribution in [0.4, 0.5) is 0 Å². The molecule has 19 heavy (non-hydrogen) atoms. The molecule has 0 atom stereocenters. The molecular formula is C15H19NO2S. The zero-order chi connectivity index (χ0) is 13.5. The normalized spacial score (nSPS) is 27.8. The van der Waals surface area contributed by atoms with Crippen LogP contribution in [0.2, 0.25) is 0 Å². The van der Waals surface area contributed by atoms with Crippen molar-refractivity contribution >= 4 is 21.6 Å². The summed E-state index contributed by atoms with van der Waals surface area (Å²) in [5.74, 6) is 0.699. The zero-order valence-corrected chi connectivity index (χ0v) is 11.9. The van der Waals surface area contributed by atoms with Crippen LogP contribution in [0.15, 0.2) is 29.1 Å². The van der Waals surface area contributed by atoms with Gasteiger partial charge in [-0.15, -0.1) is 0 Å². The molecule has 1 aromatic heterocycles. The number of aromatic nitrogens is 1. The van der Waals surface area contributed by atoms with Crippen LogP contribution in [-0.4, -0.2) is 15.7 Å². The molecule has 3 nitrogen and oxygen atoms in total. The minimum Gasteiger partial charge on any atom is -0.394 e. The first-order valence-electron chi connectivity index (χ1n) is 6.89. The molecule has 1 aromatic carbocycles. The average Bonchev–Trinajstić information content (AvgIpc) is 2.79. The molecule has 0 bridgehead atoms. The molecule has 2 aromatic rings. The summed E-state index contributed by atoms with van der Waals surface area (Å²) in [4.78, 5) is 12.5. The van der Waals surface area contributed by atoms with Gasteiger partial charge in [0, 0.05) is 0 Å². The molecule has 102 valence electrons. The van der Waals surface area contributed by atoms with Gasteiger partial charge < -0.3 is 5.11 Å². The van der Waals surface area contributed by atoms with E-state index in [4.69, 9.17) is 0 Å². The lowest BCUT2D eigenvalue weighted by Gasteiger charge is -2.38. The van der Waals surface area contributed by atoms with Crippen LogP contribution < -0.4 is 5.56 Å². The lowest BCUT2D eigenvalue weighted by Crippen LogP contribution is -2.44. The van der Waals surface area contributed by atoms with Gasteiger partial charge in [-0.2, -0.15) is 0 Å². The van der Waals surface area contributed by atoms with Crippen molar-refractivity contribution in [2.45, 2.75) is 38.1 Å². The van der Waals surface area contributed by atoms with Crippen molar-refractivity contribution in [3.05, 3.63) is 34.6 Å². The lowest BCUT2D eigenvalue weighted by molar-refractivity contribution is 0.0827. The van der Waals surface area contributed by atoms with E-state index in [2.05, 4.69) is 6.92 Å².